The molecule has 0 radical (unpaired) electrons. The van der Waals surface area contributed by atoms with Gasteiger partial charge in [-0.05, 0) is 43.7 Å². The van der Waals surface area contributed by atoms with E-state index in [9.17, 15) is 17.2 Å². The Morgan fingerprint density at radius 1 is 1.03 bits per heavy atom. The molecule has 2 fully saturated rings. The number of piperidine rings is 1. The fraction of sp³-hybridized carbons (Fsp3) is 0.385. The summed E-state index contributed by atoms with van der Waals surface area (Å²) in [7, 11) is -3.41. The molecule has 10 nitrogen and oxygen atoms in total. The van der Waals surface area contributed by atoms with Gasteiger partial charge >= 0.3 is 0 Å². The van der Waals surface area contributed by atoms with E-state index in [1.165, 1.54) is 12.3 Å². The average Bonchev–Trinajstić information content (AvgIpc) is 3.43. The lowest BCUT2D eigenvalue weighted by Gasteiger charge is -2.32. The van der Waals surface area contributed by atoms with E-state index >= 15 is 0 Å². The van der Waals surface area contributed by atoms with E-state index in [0.29, 0.717) is 61.0 Å². The molecule has 4 aromatic rings. The number of nitrogens with one attached hydrogen (secondary N) is 1. The first-order valence-electron chi connectivity index (χ1n) is 12.9. The fourth-order valence-corrected chi connectivity index (χ4v) is 6.28. The van der Waals surface area contributed by atoms with Crippen molar-refractivity contribution >= 4 is 15.8 Å². The number of rotatable bonds is 9. The van der Waals surface area contributed by atoms with Crippen LogP contribution in [0.15, 0.2) is 53.4 Å². The monoisotopic (exact) mass is 555 g/mol. The standard InChI is InChI=1S/C26H27F2N7O3S/c27-20-4-2-1-3-18(20)16-35-24(22-9-12-38-33-22)13-23(32-35)25-29-15-21(28)26(31-25)34-10-7-19(8-11-34)39(36,37)30-14-17-5-6-17/h1-4,9,12-13,15,17,19,30H,5-8,10-11,14,16H2. The van der Waals surface area contributed by atoms with Crippen LogP contribution in [0.1, 0.15) is 31.2 Å². The van der Waals surface area contributed by atoms with Gasteiger partial charge in [-0.3, -0.25) is 4.68 Å². The van der Waals surface area contributed by atoms with Gasteiger partial charge in [-0.1, -0.05) is 23.4 Å². The predicted molar refractivity (Wildman–Crippen MR) is 139 cm³/mol. The van der Waals surface area contributed by atoms with Gasteiger partial charge in [0.2, 0.25) is 10.0 Å². The number of halogens is 2. The average molecular weight is 556 g/mol. The van der Waals surface area contributed by atoms with E-state index in [4.69, 9.17) is 4.52 Å². The number of benzene rings is 1. The van der Waals surface area contributed by atoms with Crippen molar-refractivity contribution in [2.75, 3.05) is 24.5 Å². The third-order valence-corrected chi connectivity index (χ3v) is 9.08. The maximum Gasteiger partial charge on any atom is 0.214 e. The van der Waals surface area contributed by atoms with Gasteiger partial charge in [-0.25, -0.2) is 31.9 Å². The van der Waals surface area contributed by atoms with Gasteiger partial charge in [-0.2, -0.15) is 5.10 Å². The Balaban J connectivity index is 1.24. The number of hydrogen-bond donors (Lipinski definition) is 1. The van der Waals surface area contributed by atoms with Crippen LogP contribution in [0.3, 0.4) is 0 Å². The summed E-state index contributed by atoms with van der Waals surface area (Å²) in [6, 6.07) is 9.76. The summed E-state index contributed by atoms with van der Waals surface area (Å²) in [6.07, 6.45) is 5.38. The summed E-state index contributed by atoms with van der Waals surface area (Å²) in [5, 5.41) is 8.05. The summed E-state index contributed by atoms with van der Waals surface area (Å²) in [5.74, 6) is -0.241. The Morgan fingerprint density at radius 3 is 2.54 bits per heavy atom. The first kappa shape index (κ1) is 25.6. The van der Waals surface area contributed by atoms with Crippen molar-refractivity contribution in [1.82, 2.24) is 29.6 Å². The maximum atomic E-state index is 14.9. The molecule has 1 N–H and O–H groups in total. The zero-order valence-corrected chi connectivity index (χ0v) is 21.8. The van der Waals surface area contributed by atoms with Crippen molar-refractivity contribution in [1.29, 1.82) is 0 Å². The van der Waals surface area contributed by atoms with Crippen LogP contribution >= 0.6 is 0 Å². The molecule has 4 heterocycles. The van der Waals surface area contributed by atoms with Crippen molar-refractivity contribution in [3.8, 4) is 22.9 Å². The molecule has 1 aromatic carbocycles. The quantitative estimate of drug-likeness (QED) is 0.333. The molecule has 204 valence electrons. The second-order valence-electron chi connectivity index (χ2n) is 9.94. The Hall–Kier alpha value is -3.71. The highest BCUT2D eigenvalue weighted by Gasteiger charge is 2.33. The molecule has 0 atom stereocenters. The molecule has 3 aromatic heterocycles. The van der Waals surface area contributed by atoms with Crippen LogP contribution in [0.5, 0.6) is 0 Å². The van der Waals surface area contributed by atoms with E-state index in [1.54, 1.807) is 39.9 Å². The largest absolute Gasteiger partial charge is 0.364 e. The molecule has 39 heavy (non-hydrogen) atoms. The topological polar surface area (TPSA) is 119 Å². The molecule has 0 spiro atoms. The maximum absolute atomic E-state index is 14.9. The summed E-state index contributed by atoms with van der Waals surface area (Å²) in [6.45, 7) is 1.30. The minimum absolute atomic E-state index is 0.0911. The van der Waals surface area contributed by atoms with Crippen LogP contribution in [-0.2, 0) is 16.6 Å². The van der Waals surface area contributed by atoms with Gasteiger partial charge in [0.05, 0.1) is 23.7 Å². The van der Waals surface area contributed by atoms with Gasteiger partial charge in [0, 0.05) is 31.3 Å². The molecule has 2 aliphatic rings. The molecule has 1 aliphatic heterocycles. The van der Waals surface area contributed by atoms with Gasteiger partial charge in [0.25, 0.3) is 0 Å². The van der Waals surface area contributed by atoms with Crippen LogP contribution in [-0.4, -0.2) is 58.2 Å². The summed E-state index contributed by atoms with van der Waals surface area (Å²) in [4.78, 5) is 10.4. The summed E-state index contributed by atoms with van der Waals surface area (Å²) < 4.78 is 63.9. The zero-order valence-electron chi connectivity index (χ0n) is 21.0. The first-order chi connectivity index (χ1) is 18.9. The Kier molecular flexibility index (Phi) is 6.85. The minimum atomic E-state index is -3.41. The molecule has 1 aliphatic carbocycles. The number of nitrogens with zero attached hydrogens (tertiary/aromatic N) is 6. The van der Waals surface area contributed by atoms with Crippen LogP contribution in [0.2, 0.25) is 0 Å². The van der Waals surface area contributed by atoms with Crippen LogP contribution in [0.4, 0.5) is 14.6 Å². The van der Waals surface area contributed by atoms with E-state index < -0.39 is 21.1 Å². The molecule has 0 bridgehead atoms. The lowest BCUT2D eigenvalue weighted by Crippen LogP contribution is -2.44. The Bertz CT molecular complexity index is 1560. The summed E-state index contributed by atoms with van der Waals surface area (Å²) >= 11 is 0. The normalized spacial score (nSPS) is 16.6. The second-order valence-corrected chi connectivity index (χ2v) is 12.0. The molecule has 6 rings (SSSR count). The molecule has 0 unspecified atom stereocenters. The van der Waals surface area contributed by atoms with E-state index in [0.717, 1.165) is 19.0 Å². The fourth-order valence-electron chi connectivity index (χ4n) is 4.74. The Labute approximate surface area is 224 Å². The smallest absolute Gasteiger partial charge is 0.214 e. The number of aromatic nitrogens is 5. The molecule has 0 amide bonds. The molecule has 1 saturated carbocycles. The third-order valence-electron chi connectivity index (χ3n) is 7.16. The van der Waals surface area contributed by atoms with E-state index in [1.807, 2.05) is 0 Å². The van der Waals surface area contributed by atoms with E-state index in [2.05, 4.69) is 24.9 Å². The molecular formula is C26H27F2N7O3S. The first-order valence-corrected chi connectivity index (χ1v) is 14.4. The van der Waals surface area contributed by atoms with E-state index in [-0.39, 0.29) is 24.0 Å². The van der Waals surface area contributed by atoms with Gasteiger partial charge in [0.15, 0.2) is 17.5 Å². The predicted octanol–water partition coefficient (Wildman–Crippen LogP) is 3.62. The highest BCUT2D eigenvalue weighted by molar-refractivity contribution is 7.90. The lowest BCUT2D eigenvalue weighted by atomic mass is 10.1. The van der Waals surface area contributed by atoms with Crippen LogP contribution in [0, 0.1) is 17.6 Å². The van der Waals surface area contributed by atoms with Gasteiger partial charge in [-0.15, -0.1) is 0 Å². The zero-order chi connectivity index (χ0) is 27.0. The highest BCUT2D eigenvalue weighted by Crippen LogP contribution is 2.30. The number of anilines is 1. The molecule has 13 heteroatoms. The third kappa shape index (κ3) is 5.55. The van der Waals surface area contributed by atoms with Gasteiger partial charge in [0.1, 0.15) is 23.5 Å². The van der Waals surface area contributed by atoms with Crippen molar-refractivity contribution in [3.05, 3.63) is 66.1 Å². The van der Waals surface area contributed by atoms with Gasteiger partial charge < -0.3 is 9.42 Å². The van der Waals surface area contributed by atoms with Crippen LogP contribution in [0.25, 0.3) is 22.9 Å². The summed E-state index contributed by atoms with van der Waals surface area (Å²) in [5.41, 5.74) is 1.83. The molecular weight excluding hydrogens is 528 g/mol. The Morgan fingerprint density at radius 2 is 1.82 bits per heavy atom. The highest BCUT2D eigenvalue weighted by atomic mass is 32.2. The SMILES string of the molecule is O=S(=O)(NCC1CC1)C1CCN(c2nc(-c3cc(-c4ccon4)n(Cc4ccccc4F)n3)ncc2F)CC1. The number of hydrogen-bond acceptors (Lipinski definition) is 8. The van der Waals surface area contributed by atoms with Crippen molar-refractivity contribution < 1.29 is 21.7 Å². The molecule has 1 saturated heterocycles. The lowest BCUT2D eigenvalue weighted by molar-refractivity contribution is 0.421. The van der Waals surface area contributed by atoms with Crippen molar-refractivity contribution in [2.45, 2.75) is 37.5 Å². The van der Waals surface area contributed by atoms with Crippen molar-refractivity contribution in [2.24, 2.45) is 5.92 Å². The number of sulfonamides is 1. The van der Waals surface area contributed by atoms with Crippen molar-refractivity contribution in [3.63, 3.8) is 0 Å². The second kappa shape index (κ2) is 10.5. The van der Waals surface area contributed by atoms with Crippen LogP contribution < -0.4 is 9.62 Å². The minimum Gasteiger partial charge on any atom is -0.364 e.